The minimum absolute atomic E-state index is 0.362. The van der Waals surface area contributed by atoms with Gasteiger partial charge in [0.1, 0.15) is 0 Å². The Balaban J connectivity index is 2.27. The molecule has 0 bridgehead atoms. The molecule has 2 aromatic rings. The molecule has 0 aliphatic carbocycles. The number of nitrogens with zero attached hydrogens (tertiary/aromatic N) is 3. The summed E-state index contributed by atoms with van der Waals surface area (Å²) in [6.45, 7) is 3.67. The summed E-state index contributed by atoms with van der Waals surface area (Å²) >= 11 is 4.39. The van der Waals surface area contributed by atoms with Gasteiger partial charge >= 0.3 is 0 Å². The summed E-state index contributed by atoms with van der Waals surface area (Å²) in [7, 11) is 0. The smallest absolute Gasteiger partial charge is 0.216 e. The number of pyridine rings is 2. The van der Waals surface area contributed by atoms with E-state index in [0.717, 1.165) is 11.3 Å². The maximum Gasteiger partial charge on any atom is 0.216 e. The van der Waals surface area contributed by atoms with E-state index in [9.17, 15) is 10.4 Å². The maximum absolute atomic E-state index is 11.1. The highest BCUT2D eigenvalue weighted by molar-refractivity contribution is 7.84. The topological polar surface area (TPSA) is 72.8 Å². The number of nitrogens with one attached hydrogen (secondary N) is 1. The van der Waals surface area contributed by atoms with Crippen molar-refractivity contribution in [3.63, 3.8) is 0 Å². The Morgan fingerprint density at radius 3 is 2.79 bits per heavy atom. The van der Waals surface area contributed by atoms with Crippen LogP contribution in [-0.4, -0.2) is 15.8 Å². The van der Waals surface area contributed by atoms with Crippen LogP contribution in [0.3, 0.4) is 0 Å². The fourth-order valence-electron chi connectivity index (χ4n) is 3.33. The van der Waals surface area contributed by atoms with Crippen LogP contribution in [0.4, 0.5) is 0 Å². The van der Waals surface area contributed by atoms with E-state index in [4.69, 9.17) is 0 Å². The van der Waals surface area contributed by atoms with Crippen molar-refractivity contribution >= 4 is 12.6 Å². The van der Waals surface area contributed by atoms with Crippen molar-refractivity contribution in [3.8, 4) is 6.07 Å². The van der Waals surface area contributed by atoms with Gasteiger partial charge < -0.3 is 10.4 Å². The molecule has 2 N–H and O–H groups in total. The number of aromatic nitrogens is 2. The lowest BCUT2D eigenvalue weighted by atomic mass is 9.78. The molecule has 2 aromatic heterocycles. The van der Waals surface area contributed by atoms with Gasteiger partial charge in [-0.3, -0.25) is 4.98 Å². The van der Waals surface area contributed by atoms with Gasteiger partial charge in [-0.1, -0.05) is 12.1 Å². The summed E-state index contributed by atoms with van der Waals surface area (Å²) in [5.74, 6) is -0.362. The van der Waals surface area contributed by atoms with E-state index in [1.54, 1.807) is 19.3 Å². The predicted molar refractivity (Wildman–Crippen MR) is 92.8 cm³/mol. The lowest BCUT2D eigenvalue weighted by Gasteiger charge is -2.40. The fraction of sp³-hybridized carbons (Fsp3) is 0.278. The van der Waals surface area contributed by atoms with Gasteiger partial charge in [-0.2, -0.15) is 9.83 Å². The minimum Gasteiger partial charge on any atom is -0.366 e. The van der Waals surface area contributed by atoms with Gasteiger partial charge in [0.05, 0.1) is 22.6 Å². The Kier molecular flexibility index (Phi) is 4.31. The predicted octanol–water partition coefficient (Wildman–Crippen LogP) is 1.98. The third-order valence-electron chi connectivity index (χ3n) is 4.40. The Morgan fingerprint density at radius 1 is 1.38 bits per heavy atom. The summed E-state index contributed by atoms with van der Waals surface area (Å²) in [6, 6.07) is 11.4. The molecule has 0 saturated heterocycles. The van der Waals surface area contributed by atoms with Gasteiger partial charge in [-0.25, -0.2) is 0 Å². The van der Waals surface area contributed by atoms with E-state index in [1.165, 1.54) is 0 Å². The molecule has 0 amide bonds. The normalized spacial score (nSPS) is 26.6. The number of thiol groups is 1. The summed E-state index contributed by atoms with van der Waals surface area (Å²) < 4.78 is 1.99. The highest BCUT2D eigenvalue weighted by atomic mass is 32.1. The average Bonchev–Trinajstić information content (AvgIpc) is 2.55. The average molecular weight is 339 g/mol. The number of hydrogen-bond donors (Lipinski definition) is 3. The molecule has 5 nitrogen and oxygen atoms in total. The summed E-state index contributed by atoms with van der Waals surface area (Å²) in [5.41, 5.74) is 1.05. The van der Waals surface area contributed by atoms with Gasteiger partial charge in [0.25, 0.3) is 0 Å². The van der Waals surface area contributed by atoms with Crippen molar-refractivity contribution in [3.05, 3.63) is 70.8 Å². The SMILES string of the molecule is Cc1cccc[n+]1C1C(c2cccnc2)C(C#N)=C(S)NC1(C)O. The van der Waals surface area contributed by atoms with Crippen molar-refractivity contribution in [2.45, 2.75) is 31.5 Å². The minimum atomic E-state index is -1.28. The van der Waals surface area contributed by atoms with Gasteiger partial charge in [0.2, 0.25) is 6.04 Å². The molecule has 6 heteroatoms. The molecule has 0 saturated carbocycles. The van der Waals surface area contributed by atoms with E-state index in [-0.39, 0.29) is 5.92 Å². The Morgan fingerprint density at radius 2 is 2.17 bits per heavy atom. The first-order chi connectivity index (χ1) is 11.5. The van der Waals surface area contributed by atoms with Crippen molar-refractivity contribution in [2.75, 3.05) is 0 Å². The van der Waals surface area contributed by atoms with Crippen molar-refractivity contribution < 1.29 is 9.67 Å². The lowest BCUT2D eigenvalue weighted by Crippen LogP contribution is -2.63. The summed E-state index contributed by atoms with van der Waals surface area (Å²) in [5, 5.41) is 24.1. The van der Waals surface area contributed by atoms with Crippen LogP contribution >= 0.6 is 12.6 Å². The number of nitriles is 1. The molecule has 0 spiro atoms. The van der Waals surface area contributed by atoms with Crippen LogP contribution in [0.2, 0.25) is 0 Å². The third kappa shape index (κ3) is 2.77. The summed E-state index contributed by atoms with van der Waals surface area (Å²) in [4.78, 5) is 4.18. The quantitative estimate of drug-likeness (QED) is 0.578. The maximum atomic E-state index is 11.1. The monoisotopic (exact) mass is 339 g/mol. The van der Waals surface area contributed by atoms with Gasteiger partial charge in [-0.15, -0.1) is 12.6 Å². The third-order valence-corrected chi connectivity index (χ3v) is 4.75. The van der Waals surface area contributed by atoms with Crippen LogP contribution in [0.25, 0.3) is 0 Å². The van der Waals surface area contributed by atoms with Crippen LogP contribution in [0.5, 0.6) is 0 Å². The highest BCUT2D eigenvalue weighted by Gasteiger charge is 2.52. The Hall–Kier alpha value is -2.36. The zero-order chi connectivity index (χ0) is 17.3. The summed E-state index contributed by atoms with van der Waals surface area (Å²) in [6.07, 6.45) is 5.34. The molecular formula is C18H19N4OS+. The molecule has 24 heavy (non-hydrogen) atoms. The van der Waals surface area contributed by atoms with Crippen molar-refractivity contribution in [2.24, 2.45) is 0 Å². The largest absolute Gasteiger partial charge is 0.366 e. The molecular weight excluding hydrogens is 320 g/mol. The molecule has 1 aliphatic rings. The molecule has 0 radical (unpaired) electrons. The van der Waals surface area contributed by atoms with E-state index in [2.05, 4.69) is 29.0 Å². The molecule has 0 fully saturated rings. The van der Waals surface area contributed by atoms with Crippen molar-refractivity contribution in [1.29, 1.82) is 5.26 Å². The van der Waals surface area contributed by atoms with Crippen LogP contribution in [-0.2, 0) is 0 Å². The first kappa shape index (κ1) is 16.5. The number of allylic oxidation sites excluding steroid dienone is 1. The van der Waals surface area contributed by atoms with Crippen molar-refractivity contribution in [1.82, 2.24) is 10.3 Å². The van der Waals surface area contributed by atoms with Crippen LogP contribution in [0, 0.1) is 18.3 Å². The Labute approximate surface area is 146 Å². The number of aryl methyl sites for hydroxylation is 1. The van der Waals surface area contributed by atoms with Crippen LogP contribution in [0.15, 0.2) is 59.5 Å². The highest BCUT2D eigenvalue weighted by Crippen LogP contribution is 2.43. The zero-order valence-electron chi connectivity index (χ0n) is 13.5. The van der Waals surface area contributed by atoms with Gasteiger partial charge in [-0.05, 0) is 18.6 Å². The van der Waals surface area contributed by atoms with E-state index in [1.807, 2.05) is 48.0 Å². The van der Waals surface area contributed by atoms with Gasteiger partial charge in [0.15, 0.2) is 17.6 Å². The van der Waals surface area contributed by atoms with E-state index < -0.39 is 11.8 Å². The molecule has 3 atom stereocenters. The molecule has 0 aromatic carbocycles. The van der Waals surface area contributed by atoms with E-state index >= 15 is 0 Å². The standard InChI is InChI=1S/C18H18N4OS/c1-12-6-3-4-9-22(12)16-15(13-7-5-8-20-11-13)14(10-19)17(24)21-18(16,2)23/h3-9,11,15-16,21,23H,1-2H3/p+1. The lowest BCUT2D eigenvalue weighted by molar-refractivity contribution is -0.746. The molecule has 122 valence electrons. The molecule has 3 heterocycles. The first-order valence-corrected chi connectivity index (χ1v) is 8.11. The van der Waals surface area contributed by atoms with Crippen LogP contribution in [0.1, 0.15) is 30.1 Å². The molecule has 3 unspecified atom stereocenters. The number of hydrogen-bond acceptors (Lipinski definition) is 5. The second-order valence-corrected chi connectivity index (χ2v) is 6.55. The molecule has 1 aliphatic heterocycles. The Bertz CT molecular complexity index is 826. The fourth-order valence-corrected chi connectivity index (χ4v) is 3.74. The van der Waals surface area contributed by atoms with Crippen LogP contribution < -0.4 is 9.88 Å². The van der Waals surface area contributed by atoms with Gasteiger partial charge in [0, 0.05) is 31.5 Å². The second-order valence-electron chi connectivity index (χ2n) is 6.10. The molecule has 3 rings (SSSR count). The first-order valence-electron chi connectivity index (χ1n) is 7.66. The number of rotatable bonds is 2. The number of aliphatic hydroxyl groups is 1. The second kappa shape index (κ2) is 6.27. The zero-order valence-corrected chi connectivity index (χ0v) is 14.4. The van der Waals surface area contributed by atoms with E-state index in [0.29, 0.717) is 10.6 Å².